The fourth-order valence-corrected chi connectivity index (χ4v) is 2.59. The number of nitrogens with two attached hydrogens (primary N) is 1. The summed E-state index contributed by atoms with van der Waals surface area (Å²) in [7, 11) is 0. The van der Waals surface area contributed by atoms with Crippen molar-refractivity contribution in [2.75, 3.05) is 23.7 Å². The Bertz CT molecular complexity index is 483. The first-order valence-electron chi connectivity index (χ1n) is 6.77. The van der Waals surface area contributed by atoms with Crippen molar-refractivity contribution in [2.45, 2.75) is 38.7 Å². The predicted molar refractivity (Wildman–Crippen MR) is 77.5 cm³/mol. The molecule has 4 heteroatoms. The van der Waals surface area contributed by atoms with Crippen molar-refractivity contribution in [1.82, 2.24) is 0 Å². The SMILES string of the molecule is CC(=O)c1ccc(N2CCCC(C)(O)CC2)cc1N. The molecule has 1 saturated heterocycles. The van der Waals surface area contributed by atoms with Crippen LogP contribution in [0.5, 0.6) is 0 Å². The Balaban J connectivity index is 2.18. The summed E-state index contributed by atoms with van der Waals surface area (Å²) in [6.45, 7) is 5.14. The van der Waals surface area contributed by atoms with E-state index >= 15 is 0 Å². The summed E-state index contributed by atoms with van der Waals surface area (Å²) < 4.78 is 0. The van der Waals surface area contributed by atoms with Gasteiger partial charge in [0, 0.05) is 30.0 Å². The average molecular weight is 262 g/mol. The van der Waals surface area contributed by atoms with Crippen LogP contribution in [0.2, 0.25) is 0 Å². The molecule has 4 nitrogen and oxygen atoms in total. The molecule has 19 heavy (non-hydrogen) atoms. The highest BCUT2D eigenvalue weighted by atomic mass is 16.3. The molecule has 0 spiro atoms. The van der Waals surface area contributed by atoms with E-state index in [2.05, 4.69) is 4.90 Å². The van der Waals surface area contributed by atoms with E-state index in [1.807, 2.05) is 19.1 Å². The Morgan fingerprint density at radius 3 is 2.74 bits per heavy atom. The van der Waals surface area contributed by atoms with E-state index in [9.17, 15) is 9.90 Å². The molecule has 0 amide bonds. The lowest BCUT2D eigenvalue weighted by Crippen LogP contribution is -2.28. The summed E-state index contributed by atoms with van der Waals surface area (Å²) >= 11 is 0. The molecular weight excluding hydrogens is 240 g/mol. The molecular formula is C15H22N2O2. The van der Waals surface area contributed by atoms with Gasteiger partial charge < -0.3 is 15.7 Å². The van der Waals surface area contributed by atoms with Crippen LogP contribution in [-0.2, 0) is 0 Å². The van der Waals surface area contributed by atoms with E-state index in [1.54, 1.807) is 6.07 Å². The number of nitrogen functional groups attached to an aromatic ring is 1. The molecule has 0 bridgehead atoms. The fourth-order valence-electron chi connectivity index (χ4n) is 2.59. The van der Waals surface area contributed by atoms with Gasteiger partial charge in [0.1, 0.15) is 0 Å². The van der Waals surface area contributed by atoms with E-state index < -0.39 is 5.60 Å². The quantitative estimate of drug-likeness (QED) is 0.633. The average Bonchev–Trinajstić information content (AvgIpc) is 2.49. The van der Waals surface area contributed by atoms with E-state index in [1.165, 1.54) is 6.92 Å². The van der Waals surface area contributed by atoms with Crippen LogP contribution in [0, 0.1) is 0 Å². The highest BCUT2D eigenvalue weighted by Crippen LogP contribution is 2.27. The minimum Gasteiger partial charge on any atom is -0.398 e. The molecule has 1 fully saturated rings. The lowest BCUT2D eigenvalue weighted by molar-refractivity contribution is 0.0481. The third-order valence-electron chi connectivity index (χ3n) is 3.84. The van der Waals surface area contributed by atoms with Gasteiger partial charge in [-0.3, -0.25) is 4.79 Å². The van der Waals surface area contributed by atoms with Crippen molar-refractivity contribution in [3.8, 4) is 0 Å². The van der Waals surface area contributed by atoms with E-state index in [4.69, 9.17) is 5.73 Å². The Morgan fingerprint density at radius 2 is 2.11 bits per heavy atom. The normalized spacial score (nSPS) is 24.1. The molecule has 0 aliphatic carbocycles. The van der Waals surface area contributed by atoms with Crippen molar-refractivity contribution in [2.24, 2.45) is 0 Å². The van der Waals surface area contributed by atoms with Crippen LogP contribution in [0.15, 0.2) is 18.2 Å². The summed E-state index contributed by atoms with van der Waals surface area (Å²) in [5.74, 6) is -0.0113. The summed E-state index contributed by atoms with van der Waals surface area (Å²) in [6, 6.07) is 5.58. The molecule has 0 aromatic heterocycles. The third kappa shape index (κ3) is 3.26. The molecule has 1 aromatic rings. The minimum absolute atomic E-state index is 0.0113. The van der Waals surface area contributed by atoms with Crippen LogP contribution >= 0.6 is 0 Å². The molecule has 1 aromatic carbocycles. The predicted octanol–water partition coefficient (Wildman–Crippen LogP) is 2.21. The van der Waals surface area contributed by atoms with Gasteiger partial charge in [-0.15, -0.1) is 0 Å². The molecule has 1 atom stereocenters. The topological polar surface area (TPSA) is 66.6 Å². The summed E-state index contributed by atoms with van der Waals surface area (Å²) in [5.41, 5.74) is 7.49. The first-order valence-corrected chi connectivity index (χ1v) is 6.77. The van der Waals surface area contributed by atoms with Gasteiger partial charge >= 0.3 is 0 Å². The van der Waals surface area contributed by atoms with Gasteiger partial charge in [0.15, 0.2) is 5.78 Å². The second kappa shape index (κ2) is 5.21. The Morgan fingerprint density at radius 1 is 1.37 bits per heavy atom. The molecule has 1 aliphatic rings. The van der Waals surface area contributed by atoms with Gasteiger partial charge in [0.25, 0.3) is 0 Å². The maximum Gasteiger partial charge on any atom is 0.161 e. The number of ketones is 1. The lowest BCUT2D eigenvalue weighted by Gasteiger charge is -2.24. The van der Waals surface area contributed by atoms with Gasteiger partial charge in [0.05, 0.1) is 5.60 Å². The molecule has 0 radical (unpaired) electrons. The van der Waals surface area contributed by atoms with Crippen LogP contribution in [0.25, 0.3) is 0 Å². The molecule has 2 rings (SSSR count). The molecule has 1 aliphatic heterocycles. The number of aliphatic hydroxyl groups is 1. The van der Waals surface area contributed by atoms with E-state index in [-0.39, 0.29) is 5.78 Å². The second-order valence-electron chi connectivity index (χ2n) is 5.67. The monoisotopic (exact) mass is 262 g/mol. The second-order valence-corrected chi connectivity index (χ2v) is 5.67. The number of benzene rings is 1. The van der Waals surface area contributed by atoms with Crippen LogP contribution in [0.3, 0.4) is 0 Å². The maximum absolute atomic E-state index is 11.4. The number of Topliss-reactive ketones (excluding diaryl/α,β-unsaturated/α-hetero) is 1. The smallest absolute Gasteiger partial charge is 0.161 e. The Hall–Kier alpha value is -1.55. The number of nitrogens with zero attached hydrogens (tertiary/aromatic N) is 1. The van der Waals surface area contributed by atoms with Gasteiger partial charge in [-0.2, -0.15) is 0 Å². The number of hydrogen-bond donors (Lipinski definition) is 2. The minimum atomic E-state index is -0.570. The largest absolute Gasteiger partial charge is 0.398 e. The van der Waals surface area contributed by atoms with Gasteiger partial charge in [-0.1, -0.05) is 0 Å². The Kier molecular flexibility index (Phi) is 3.80. The fraction of sp³-hybridized carbons (Fsp3) is 0.533. The van der Waals surface area contributed by atoms with Crippen molar-refractivity contribution in [3.63, 3.8) is 0 Å². The zero-order valence-corrected chi connectivity index (χ0v) is 11.6. The maximum atomic E-state index is 11.4. The van der Waals surface area contributed by atoms with Crippen molar-refractivity contribution in [3.05, 3.63) is 23.8 Å². The highest BCUT2D eigenvalue weighted by molar-refractivity contribution is 5.99. The van der Waals surface area contributed by atoms with Gasteiger partial charge in [-0.05, 0) is 51.3 Å². The highest BCUT2D eigenvalue weighted by Gasteiger charge is 2.25. The number of carbonyl (C=O) groups is 1. The first kappa shape index (κ1) is 13.9. The van der Waals surface area contributed by atoms with Crippen LogP contribution in [0.4, 0.5) is 11.4 Å². The molecule has 3 N–H and O–H groups in total. The summed E-state index contributed by atoms with van der Waals surface area (Å²) in [6.07, 6.45) is 2.53. The van der Waals surface area contributed by atoms with E-state index in [0.717, 1.165) is 38.0 Å². The number of rotatable bonds is 2. The van der Waals surface area contributed by atoms with Crippen molar-refractivity contribution in [1.29, 1.82) is 0 Å². The molecule has 104 valence electrons. The number of anilines is 2. The van der Waals surface area contributed by atoms with Crippen LogP contribution in [0.1, 0.15) is 43.5 Å². The Labute approximate surface area is 114 Å². The number of carbonyl (C=O) groups excluding carboxylic acids is 1. The summed E-state index contributed by atoms with van der Waals surface area (Å²) in [4.78, 5) is 13.6. The molecule has 0 saturated carbocycles. The van der Waals surface area contributed by atoms with Crippen LogP contribution in [-0.4, -0.2) is 29.6 Å². The molecule has 1 heterocycles. The molecule has 1 unspecified atom stereocenters. The zero-order valence-electron chi connectivity index (χ0n) is 11.6. The zero-order chi connectivity index (χ0) is 14.0. The van der Waals surface area contributed by atoms with Crippen molar-refractivity contribution >= 4 is 17.2 Å². The summed E-state index contributed by atoms with van der Waals surface area (Å²) in [5, 5.41) is 10.1. The number of hydrogen-bond acceptors (Lipinski definition) is 4. The first-order chi connectivity index (χ1) is 8.89. The van der Waals surface area contributed by atoms with Crippen LogP contribution < -0.4 is 10.6 Å². The lowest BCUT2D eigenvalue weighted by atomic mass is 9.98. The van der Waals surface area contributed by atoms with E-state index in [0.29, 0.717) is 11.3 Å². The third-order valence-corrected chi connectivity index (χ3v) is 3.84. The van der Waals surface area contributed by atoms with Crippen molar-refractivity contribution < 1.29 is 9.90 Å². The standard InChI is InChI=1S/C15H22N2O2/c1-11(18)13-5-4-12(10-14(13)16)17-8-3-6-15(2,19)7-9-17/h4-5,10,19H,3,6-9,16H2,1-2H3. The van der Waals surface area contributed by atoms with Gasteiger partial charge in [0.2, 0.25) is 0 Å². The van der Waals surface area contributed by atoms with Gasteiger partial charge in [-0.25, -0.2) is 0 Å².